The summed E-state index contributed by atoms with van der Waals surface area (Å²) >= 11 is 0. The van der Waals surface area contributed by atoms with Crippen molar-refractivity contribution in [3.63, 3.8) is 0 Å². The van der Waals surface area contributed by atoms with Crippen molar-refractivity contribution in [3.8, 4) is 0 Å². The summed E-state index contributed by atoms with van der Waals surface area (Å²) in [5, 5.41) is 22.4. The fourth-order valence-electron chi connectivity index (χ4n) is 6.26. The number of carbonyl (C=O) groups is 1. The molecule has 0 bridgehead atoms. The summed E-state index contributed by atoms with van der Waals surface area (Å²) in [5.74, 6) is -3.61. The average Bonchev–Trinajstić information content (AvgIpc) is 3.35. The quantitative estimate of drug-likeness (QED) is 0.284. The number of aliphatic hydroxyl groups excluding tert-OH is 1. The molecule has 2 aromatic heterocycles. The minimum absolute atomic E-state index is 0.117. The zero-order valence-electron chi connectivity index (χ0n) is 23.1. The first-order chi connectivity index (χ1) is 20.9. The molecule has 6 rings (SSSR count). The van der Waals surface area contributed by atoms with Crippen LogP contribution in [-0.4, -0.2) is 56.2 Å². The van der Waals surface area contributed by atoms with Crippen molar-refractivity contribution in [3.05, 3.63) is 107 Å². The number of aromatic nitrogens is 4. The summed E-state index contributed by atoms with van der Waals surface area (Å²) in [7, 11) is 0. The summed E-state index contributed by atoms with van der Waals surface area (Å²) in [5.41, 5.74) is 0.511. The Morgan fingerprint density at radius 2 is 1.41 bits per heavy atom. The molecule has 1 aliphatic carbocycles. The van der Waals surface area contributed by atoms with Crippen molar-refractivity contribution < 1.29 is 36.2 Å². The Labute approximate surface area is 248 Å². The molecule has 2 aromatic carbocycles. The number of anilines is 1. The minimum atomic E-state index is -4.92. The third-order valence-corrected chi connectivity index (χ3v) is 8.35. The number of hydrogen-bond acceptors (Lipinski definition) is 6. The highest BCUT2D eigenvalue weighted by atomic mass is 19.4. The largest absolute Gasteiger partial charge is 0.435 e. The maximum atomic E-state index is 14.6. The van der Waals surface area contributed by atoms with E-state index >= 15 is 0 Å². The molecule has 2 aliphatic rings. The molecule has 1 aliphatic heterocycles. The lowest BCUT2D eigenvalue weighted by atomic mass is 9.78. The Bertz CT molecular complexity index is 1580. The number of nitrogens with zero attached hydrogens (tertiary/aromatic N) is 5. The predicted octanol–water partition coefficient (Wildman–Crippen LogP) is 5.85. The van der Waals surface area contributed by atoms with Crippen molar-refractivity contribution in [1.29, 1.82) is 0 Å². The Morgan fingerprint density at radius 3 is 1.91 bits per heavy atom. The van der Waals surface area contributed by atoms with Gasteiger partial charge in [-0.05, 0) is 36.1 Å². The molecular weight excluding hydrogens is 588 g/mol. The van der Waals surface area contributed by atoms with Crippen LogP contribution in [0.3, 0.4) is 0 Å². The van der Waals surface area contributed by atoms with E-state index in [4.69, 9.17) is 5.10 Å². The van der Waals surface area contributed by atoms with E-state index in [1.807, 2.05) is 60.7 Å². The zero-order valence-corrected chi connectivity index (χ0v) is 23.1. The van der Waals surface area contributed by atoms with Gasteiger partial charge in [0, 0.05) is 24.6 Å². The van der Waals surface area contributed by atoms with Crippen molar-refractivity contribution in [2.75, 3.05) is 18.0 Å². The van der Waals surface area contributed by atoms with E-state index < -0.39 is 54.2 Å². The number of rotatable bonds is 5. The van der Waals surface area contributed by atoms with Crippen LogP contribution < -0.4 is 4.90 Å². The lowest BCUT2D eigenvalue weighted by Gasteiger charge is -2.34. The molecule has 0 radical (unpaired) electrons. The van der Waals surface area contributed by atoms with Gasteiger partial charge in [0.2, 0.25) is 0 Å². The first kappa shape index (κ1) is 29.8. The van der Waals surface area contributed by atoms with Gasteiger partial charge in [-0.25, -0.2) is 0 Å². The first-order valence-corrected chi connectivity index (χ1v) is 14.1. The fraction of sp³-hybridized carbons (Fsp3) is 0.355. The van der Waals surface area contributed by atoms with Gasteiger partial charge >= 0.3 is 12.4 Å². The first-order valence-electron chi connectivity index (χ1n) is 14.1. The van der Waals surface area contributed by atoms with Crippen LogP contribution in [0.15, 0.2) is 72.8 Å². The molecule has 2 atom stereocenters. The van der Waals surface area contributed by atoms with Gasteiger partial charge in [-0.2, -0.15) is 31.4 Å². The molecule has 0 spiro atoms. The molecule has 1 N–H and O–H groups in total. The number of Topliss-reactive ketones (excluding diaryl/α,β-unsaturated/α-hetero) is 1. The third kappa shape index (κ3) is 5.56. The van der Waals surface area contributed by atoms with Crippen LogP contribution in [0, 0.1) is 0 Å². The second kappa shape index (κ2) is 11.3. The Morgan fingerprint density at radius 1 is 0.818 bits per heavy atom. The maximum Gasteiger partial charge on any atom is 0.435 e. The van der Waals surface area contributed by atoms with Gasteiger partial charge in [-0.15, -0.1) is 10.2 Å². The highest BCUT2D eigenvalue weighted by Crippen LogP contribution is 2.48. The van der Waals surface area contributed by atoms with Crippen molar-refractivity contribution >= 4 is 11.6 Å². The van der Waals surface area contributed by atoms with Gasteiger partial charge in [0.25, 0.3) is 0 Å². The smallest absolute Gasteiger partial charge is 0.384 e. The van der Waals surface area contributed by atoms with Gasteiger partial charge in [-0.1, -0.05) is 60.7 Å². The van der Waals surface area contributed by atoms with E-state index in [1.54, 1.807) is 4.90 Å². The molecular formula is C31H27F6N5O2. The monoisotopic (exact) mass is 615 g/mol. The van der Waals surface area contributed by atoms with Crippen LogP contribution in [0.4, 0.5) is 32.2 Å². The Balaban J connectivity index is 1.42. The van der Waals surface area contributed by atoms with E-state index in [0.29, 0.717) is 12.8 Å². The molecule has 0 amide bonds. The topological polar surface area (TPSA) is 84.1 Å². The summed E-state index contributed by atoms with van der Waals surface area (Å²) in [6, 6.07) is 19.7. The Kier molecular flexibility index (Phi) is 7.68. The van der Waals surface area contributed by atoms with Crippen molar-refractivity contribution in [1.82, 2.24) is 20.0 Å². The fourth-order valence-corrected chi connectivity index (χ4v) is 6.26. The molecule has 13 heteroatoms. The van der Waals surface area contributed by atoms with Crippen LogP contribution in [0.2, 0.25) is 0 Å². The highest BCUT2D eigenvalue weighted by Gasteiger charge is 2.54. The predicted molar refractivity (Wildman–Crippen MR) is 147 cm³/mol. The molecule has 0 saturated carbocycles. The SMILES string of the molecule is O=C1Cc2c(c(C3CCN(c4ccc(C(F)(F)F)nn4)CC3)nn2C(c2ccccc2)c2ccccc2)[C@H](C(F)(F)F)[C@@H]1O. The number of piperidine rings is 1. The van der Waals surface area contributed by atoms with Crippen LogP contribution in [0.5, 0.6) is 0 Å². The lowest BCUT2D eigenvalue weighted by molar-refractivity contribution is -0.179. The van der Waals surface area contributed by atoms with E-state index in [1.165, 1.54) is 10.7 Å². The standard InChI is InChI=1S/C31H27F6N5O2/c32-30(33,34)23-11-12-24(39-38-23)41-15-13-18(14-16-41)27-25-21(17-22(43)29(44)26(25)31(35,36)37)42(40-27)28(19-7-3-1-4-8-19)20-9-5-2-6-10-20/h1-12,18,26,28-29,44H,13-17H2/t26-,29+/m0/s1. The molecule has 4 aromatic rings. The molecule has 230 valence electrons. The number of aliphatic hydroxyl groups is 1. The molecule has 3 heterocycles. The van der Waals surface area contributed by atoms with Crippen LogP contribution in [0.25, 0.3) is 0 Å². The third-order valence-electron chi connectivity index (χ3n) is 8.35. The zero-order chi connectivity index (χ0) is 31.2. The van der Waals surface area contributed by atoms with E-state index in [2.05, 4.69) is 10.2 Å². The van der Waals surface area contributed by atoms with Gasteiger partial charge in [-0.3, -0.25) is 9.48 Å². The van der Waals surface area contributed by atoms with Crippen molar-refractivity contribution in [2.24, 2.45) is 0 Å². The van der Waals surface area contributed by atoms with Gasteiger partial charge in [0.05, 0.1) is 17.8 Å². The molecule has 1 fully saturated rings. The van der Waals surface area contributed by atoms with E-state index in [0.717, 1.165) is 17.2 Å². The summed E-state index contributed by atoms with van der Waals surface area (Å²) in [6.07, 6.45) is -11.6. The van der Waals surface area contributed by atoms with E-state index in [9.17, 15) is 36.2 Å². The Hall–Kier alpha value is -4.26. The van der Waals surface area contributed by atoms with Crippen LogP contribution in [0.1, 0.15) is 64.5 Å². The van der Waals surface area contributed by atoms with Crippen LogP contribution >= 0.6 is 0 Å². The number of halogens is 6. The van der Waals surface area contributed by atoms with E-state index in [-0.39, 0.29) is 35.9 Å². The number of fused-ring (bicyclic) bond motifs is 1. The number of benzene rings is 2. The normalized spacial score (nSPS) is 19.8. The second-order valence-corrected chi connectivity index (χ2v) is 11.1. The molecule has 7 nitrogen and oxygen atoms in total. The second-order valence-electron chi connectivity index (χ2n) is 11.1. The number of hydrogen-bond donors (Lipinski definition) is 1. The highest BCUT2D eigenvalue weighted by molar-refractivity contribution is 5.88. The van der Waals surface area contributed by atoms with Gasteiger partial charge in [0.1, 0.15) is 18.1 Å². The number of alkyl halides is 6. The maximum absolute atomic E-state index is 14.6. The summed E-state index contributed by atoms with van der Waals surface area (Å²) in [4.78, 5) is 14.6. The molecule has 1 saturated heterocycles. The minimum Gasteiger partial charge on any atom is -0.384 e. The lowest BCUT2D eigenvalue weighted by Crippen LogP contribution is -2.43. The summed E-state index contributed by atoms with van der Waals surface area (Å²) in [6.45, 7) is 0.566. The van der Waals surface area contributed by atoms with Gasteiger partial charge in [0.15, 0.2) is 17.3 Å². The number of carbonyl (C=O) groups excluding carboxylic acids is 1. The number of ketones is 1. The average molecular weight is 616 g/mol. The van der Waals surface area contributed by atoms with Gasteiger partial charge < -0.3 is 10.0 Å². The van der Waals surface area contributed by atoms with Crippen LogP contribution in [-0.2, 0) is 17.4 Å². The molecule has 0 unspecified atom stereocenters. The van der Waals surface area contributed by atoms with Crippen molar-refractivity contribution in [2.45, 2.75) is 55.6 Å². The summed E-state index contributed by atoms with van der Waals surface area (Å²) < 4.78 is 84.1. The molecule has 44 heavy (non-hydrogen) atoms.